The van der Waals surface area contributed by atoms with Crippen LogP contribution in [-0.2, 0) is 4.74 Å². The molecule has 2 aliphatic heterocycles. The Balaban J connectivity index is 1.42. The van der Waals surface area contributed by atoms with E-state index in [-0.39, 0.29) is 6.10 Å². The van der Waals surface area contributed by atoms with Crippen LogP contribution in [-0.4, -0.2) is 65.1 Å². The van der Waals surface area contributed by atoms with Crippen LogP contribution < -0.4 is 15.1 Å². The van der Waals surface area contributed by atoms with Gasteiger partial charge in [0.25, 0.3) is 0 Å². The molecule has 2 fully saturated rings. The van der Waals surface area contributed by atoms with Crippen LogP contribution in [0.2, 0.25) is 0 Å². The molecule has 2 saturated heterocycles. The minimum atomic E-state index is 0.223. The second-order valence-electron chi connectivity index (χ2n) is 8.14. The van der Waals surface area contributed by atoms with Crippen LogP contribution in [0.4, 0.5) is 17.5 Å². The lowest BCUT2D eigenvalue weighted by Gasteiger charge is -2.35. The van der Waals surface area contributed by atoms with Crippen molar-refractivity contribution < 1.29 is 4.74 Å². The Morgan fingerprint density at radius 2 is 1.90 bits per heavy atom. The Kier molecular flexibility index (Phi) is 6.39. The van der Waals surface area contributed by atoms with E-state index in [1.54, 1.807) is 12.5 Å². The highest BCUT2D eigenvalue weighted by atomic mass is 16.5. The van der Waals surface area contributed by atoms with Gasteiger partial charge in [0.15, 0.2) is 5.82 Å². The third kappa shape index (κ3) is 4.93. The highest BCUT2D eigenvalue weighted by Gasteiger charge is 2.29. The van der Waals surface area contributed by atoms with Crippen molar-refractivity contribution in [2.45, 2.75) is 45.3 Å². The number of anilines is 3. The maximum atomic E-state index is 6.01. The van der Waals surface area contributed by atoms with Gasteiger partial charge in [-0.2, -0.15) is 5.10 Å². The summed E-state index contributed by atoms with van der Waals surface area (Å²) in [6, 6.07) is 6.33. The van der Waals surface area contributed by atoms with Crippen LogP contribution in [0.3, 0.4) is 0 Å². The molecular weight excluding hydrogens is 366 g/mol. The first-order valence-corrected chi connectivity index (χ1v) is 10.7. The van der Waals surface area contributed by atoms with Crippen molar-refractivity contribution in [2.24, 2.45) is 5.92 Å². The molecule has 0 bridgehead atoms. The molecule has 2 atom stereocenters. The maximum Gasteiger partial charge on any atom is 0.151 e. The van der Waals surface area contributed by atoms with Crippen LogP contribution >= 0.6 is 0 Å². The topological polar surface area (TPSA) is 79.3 Å². The van der Waals surface area contributed by atoms with Crippen LogP contribution in [0.5, 0.6) is 0 Å². The van der Waals surface area contributed by atoms with Crippen molar-refractivity contribution in [2.75, 3.05) is 47.9 Å². The number of aromatic nitrogens is 4. The monoisotopic (exact) mass is 397 g/mol. The highest BCUT2D eigenvalue weighted by molar-refractivity contribution is 5.50. The SMILES string of the molecule is CC(C)[C@H]1OCCC[C@@H]1Nc1cc(N2CCCN(c3cccnn3)CC2)ncn1. The van der Waals surface area contributed by atoms with Gasteiger partial charge in [-0.25, -0.2) is 9.97 Å². The van der Waals surface area contributed by atoms with Gasteiger partial charge in [-0.3, -0.25) is 0 Å². The minimum Gasteiger partial charge on any atom is -0.376 e. The van der Waals surface area contributed by atoms with E-state index < -0.39 is 0 Å². The molecule has 0 saturated carbocycles. The minimum absolute atomic E-state index is 0.223. The molecule has 2 aromatic rings. The molecule has 8 nitrogen and oxygen atoms in total. The summed E-state index contributed by atoms with van der Waals surface area (Å²) < 4.78 is 6.01. The number of rotatable bonds is 5. The van der Waals surface area contributed by atoms with Gasteiger partial charge in [-0.05, 0) is 37.3 Å². The highest BCUT2D eigenvalue weighted by Crippen LogP contribution is 2.25. The van der Waals surface area contributed by atoms with Crippen LogP contribution in [0, 0.1) is 5.92 Å². The van der Waals surface area contributed by atoms with Gasteiger partial charge in [-0.15, -0.1) is 5.10 Å². The van der Waals surface area contributed by atoms with Gasteiger partial charge in [0, 0.05) is 45.0 Å². The molecule has 0 amide bonds. The fourth-order valence-electron chi connectivity index (χ4n) is 4.24. The molecule has 8 heteroatoms. The largest absolute Gasteiger partial charge is 0.376 e. The van der Waals surface area contributed by atoms with Crippen molar-refractivity contribution >= 4 is 17.5 Å². The molecule has 2 aromatic heterocycles. The molecule has 29 heavy (non-hydrogen) atoms. The van der Waals surface area contributed by atoms with Gasteiger partial charge in [0.05, 0.1) is 12.1 Å². The summed E-state index contributed by atoms with van der Waals surface area (Å²) in [5.74, 6) is 3.27. The van der Waals surface area contributed by atoms with Crippen molar-refractivity contribution in [1.29, 1.82) is 0 Å². The zero-order chi connectivity index (χ0) is 20.1. The molecular formula is C21H31N7O. The average Bonchev–Trinajstić information content (AvgIpc) is 3.01. The Morgan fingerprint density at radius 3 is 2.66 bits per heavy atom. The Morgan fingerprint density at radius 1 is 1.07 bits per heavy atom. The lowest BCUT2D eigenvalue weighted by atomic mass is 9.94. The Bertz CT molecular complexity index is 773. The van der Waals surface area contributed by atoms with Gasteiger partial charge in [0.2, 0.25) is 0 Å². The molecule has 0 aliphatic carbocycles. The summed E-state index contributed by atoms with van der Waals surface area (Å²) in [6.45, 7) is 9.03. The van der Waals surface area contributed by atoms with Crippen LogP contribution in [0.1, 0.15) is 33.1 Å². The van der Waals surface area contributed by atoms with E-state index in [9.17, 15) is 0 Å². The predicted molar refractivity (Wildman–Crippen MR) is 114 cm³/mol. The summed E-state index contributed by atoms with van der Waals surface area (Å²) in [6.07, 6.45) is 6.85. The van der Waals surface area contributed by atoms with E-state index in [0.29, 0.717) is 12.0 Å². The van der Waals surface area contributed by atoms with E-state index in [2.05, 4.69) is 55.2 Å². The Hall–Kier alpha value is -2.48. The van der Waals surface area contributed by atoms with E-state index in [4.69, 9.17) is 4.74 Å². The van der Waals surface area contributed by atoms with Crippen LogP contribution in [0.25, 0.3) is 0 Å². The van der Waals surface area contributed by atoms with E-state index in [1.807, 2.05) is 12.1 Å². The lowest BCUT2D eigenvalue weighted by Crippen LogP contribution is -2.43. The molecule has 156 valence electrons. The van der Waals surface area contributed by atoms with Crippen LogP contribution in [0.15, 0.2) is 30.7 Å². The molecule has 0 aromatic carbocycles. The van der Waals surface area contributed by atoms with Gasteiger partial charge < -0.3 is 19.9 Å². The molecule has 2 aliphatic rings. The first kappa shape index (κ1) is 19.8. The first-order chi connectivity index (χ1) is 14.2. The standard InChI is InChI=1S/C21H31N7O/c1-16(2)21-17(6-4-13-29-21)25-18-14-20(23-15-22-18)28-10-5-9-27(11-12-28)19-7-3-8-24-26-19/h3,7-8,14-17,21H,4-6,9-13H2,1-2H3,(H,22,23,25)/t17-,21+/m0/s1. The number of hydrogen-bond donors (Lipinski definition) is 1. The molecule has 4 heterocycles. The number of hydrogen-bond acceptors (Lipinski definition) is 8. The summed E-state index contributed by atoms with van der Waals surface area (Å²) in [7, 11) is 0. The Labute approximate surface area is 172 Å². The van der Waals surface area contributed by atoms with Crippen molar-refractivity contribution in [3.05, 3.63) is 30.7 Å². The second kappa shape index (κ2) is 9.35. The van der Waals surface area contributed by atoms with Gasteiger partial charge in [0.1, 0.15) is 18.0 Å². The third-order valence-corrected chi connectivity index (χ3v) is 5.71. The number of nitrogens with zero attached hydrogens (tertiary/aromatic N) is 6. The zero-order valence-electron chi connectivity index (χ0n) is 17.4. The average molecular weight is 398 g/mol. The fourth-order valence-corrected chi connectivity index (χ4v) is 4.24. The second-order valence-corrected chi connectivity index (χ2v) is 8.14. The van der Waals surface area contributed by atoms with E-state index in [0.717, 1.165) is 69.5 Å². The smallest absolute Gasteiger partial charge is 0.151 e. The normalized spacial score (nSPS) is 23.1. The summed E-state index contributed by atoms with van der Waals surface area (Å²) >= 11 is 0. The van der Waals surface area contributed by atoms with Crippen molar-refractivity contribution in [3.8, 4) is 0 Å². The molecule has 4 rings (SSSR count). The van der Waals surface area contributed by atoms with Crippen molar-refractivity contribution in [1.82, 2.24) is 20.2 Å². The van der Waals surface area contributed by atoms with Crippen molar-refractivity contribution in [3.63, 3.8) is 0 Å². The number of ether oxygens (including phenoxy) is 1. The van der Waals surface area contributed by atoms with Gasteiger partial charge >= 0.3 is 0 Å². The molecule has 1 N–H and O–H groups in total. The summed E-state index contributed by atoms with van der Waals surface area (Å²) in [5.41, 5.74) is 0. The third-order valence-electron chi connectivity index (χ3n) is 5.71. The molecule has 0 radical (unpaired) electrons. The predicted octanol–water partition coefficient (Wildman–Crippen LogP) is 2.60. The van der Waals surface area contributed by atoms with E-state index >= 15 is 0 Å². The first-order valence-electron chi connectivity index (χ1n) is 10.7. The lowest BCUT2D eigenvalue weighted by molar-refractivity contribution is -0.0203. The van der Waals surface area contributed by atoms with E-state index in [1.165, 1.54) is 0 Å². The number of nitrogens with one attached hydrogen (secondary N) is 1. The quantitative estimate of drug-likeness (QED) is 0.825. The van der Waals surface area contributed by atoms with Gasteiger partial charge in [-0.1, -0.05) is 13.8 Å². The zero-order valence-corrected chi connectivity index (χ0v) is 17.4. The summed E-state index contributed by atoms with van der Waals surface area (Å²) in [4.78, 5) is 13.6. The molecule has 0 unspecified atom stereocenters. The molecule has 0 spiro atoms. The summed E-state index contributed by atoms with van der Waals surface area (Å²) in [5, 5.41) is 11.9. The fraction of sp³-hybridized carbons (Fsp3) is 0.619. The maximum absolute atomic E-state index is 6.01.